The minimum absolute atomic E-state index is 0.268. The quantitative estimate of drug-likeness (QED) is 0.873. The van der Waals surface area contributed by atoms with E-state index in [1.54, 1.807) is 28.6 Å². The van der Waals surface area contributed by atoms with Crippen LogP contribution in [0.5, 0.6) is 0 Å². The summed E-state index contributed by atoms with van der Waals surface area (Å²) in [6, 6.07) is 18.9. The first-order valence-corrected chi connectivity index (χ1v) is 8.63. The van der Waals surface area contributed by atoms with Gasteiger partial charge in [0, 0.05) is 19.0 Å². The van der Waals surface area contributed by atoms with E-state index in [2.05, 4.69) is 19.1 Å². The number of rotatable bonds is 3. The smallest absolute Gasteiger partial charge is 0.207 e. The summed E-state index contributed by atoms with van der Waals surface area (Å²) in [5.74, 6) is 0.593. The number of hydrogen-bond acceptors (Lipinski definition) is 2. The Labute approximate surface area is 126 Å². The van der Waals surface area contributed by atoms with E-state index in [0.717, 1.165) is 0 Å². The Balaban J connectivity index is 1.87. The average molecular weight is 301 g/mol. The fourth-order valence-corrected chi connectivity index (χ4v) is 4.58. The molecule has 2 aromatic carbocycles. The fraction of sp³-hybridized carbons (Fsp3) is 0.294. The van der Waals surface area contributed by atoms with Gasteiger partial charge in [-0.2, -0.15) is 4.31 Å². The van der Waals surface area contributed by atoms with Crippen molar-refractivity contribution < 1.29 is 8.42 Å². The third-order valence-electron chi connectivity index (χ3n) is 4.19. The lowest BCUT2D eigenvalue weighted by Crippen LogP contribution is -2.29. The molecule has 21 heavy (non-hydrogen) atoms. The van der Waals surface area contributed by atoms with Crippen LogP contribution in [0, 0.1) is 5.92 Å². The summed E-state index contributed by atoms with van der Waals surface area (Å²) in [7, 11) is -3.38. The molecular formula is C17H19NO2S. The van der Waals surface area contributed by atoms with E-state index in [-0.39, 0.29) is 5.92 Å². The molecule has 0 N–H and O–H groups in total. The number of benzene rings is 2. The standard InChI is InChI=1S/C17H19NO2S/c1-14-12-18(13-17(14)15-8-4-2-5-9-15)21(19,20)16-10-6-3-7-11-16/h2-11,14,17H,12-13H2,1H3. The zero-order valence-corrected chi connectivity index (χ0v) is 12.8. The van der Waals surface area contributed by atoms with Gasteiger partial charge in [0.15, 0.2) is 0 Å². The maximum Gasteiger partial charge on any atom is 0.243 e. The van der Waals surface area contributed by atoms with Crippen LogP contribution in [0.25, 0.3) is 0 Å². The lowest BCUT2D eigenvalue weighted by atomic mass is 9.90. The first-order valence-electron chi connectivity index (χ1n) is 7.19. The van der Waals surface area contributed by atoms with Crippen LogP contribution in [0.4, 0.5) is 0 Å². The normalized spacial score (nSPS) is 23.3. The van der Waals surface area contributed by atoms with Crippen LogP contribution in [0.1, 0.15) is 18.4 Å². The molecule has 0 bridgehead atoms. The minimum Gasteiger partial charge on any atom is -0.207 e. The van der Waals surface area contributed by atoms with Crippen LogP contribution in [-0.2, 0) is 10.0 Å². The van der Waals surface area contributed by atoms with E-state index in [1.807, 2.05) is 24.3 Å². The zero-order valence-electron chi connectivity index (χ0n) is 12.0. The van der Waals surface area contributed by atoms with Gasteiger partial charge in [-0.15, -0.1) is 0 Å². The van der Waals surface area contributed by atoms with Gasteiger partial charge >= 0.3 is 0 Å². The van der Waals surface area contributed by atoms with Crippen molar-refractivity contribution in [2.45, 2.75) is 17.7 Å². The van der Waals surface area contributed by atoms with Gasteiger partial charge in [-0.3, -0.25) is 0 Å². The first-order chi connectivity index (χ1) is 10.1. The molecule has 2 unspecified atom stereocenters. The fourth-order valence-electron chi connectivity index (χ4n) is 2.99. The number of nitrogens with zero attached hydrogens (tertiary/aromatic N) is 1. The summed E-state index contributed by atoms with van der Waals surface area (Å²) in [6.07, 6.45) is 0. The highest BCUT2D eigenvalue weighted by molar-refractivity contribution is 7.89. The molecule has 4 heteroatoms. The number of sulfonamides is 1. The maximum absolute atomic E-state index is 12.7. The molecular weight excluding hydrogens is 282 g/mol. The van der Waals surface area contributed by atoms with Crippen LogP contribution >= 0.6 is 0 Å². The second-order valence-electron chi connectivity index (χ2n) is 5.63. The molecule has 0 radical (unpaired) electrons. The molecule has 0 spiro atoms. The number of hydrogen-bond donors (Lipinski definition) is 0. The van der Waals surface area contributed by atoms with Crippen LogP contribution in [0.3, 0.4) is 0 Å². The molecule has 2 atom stereocenters. The summed E-state index contributed by atoms with van der Waals surface area (Å²) in [4.78, 5) is 0.380. The molecule has 0 amide bonds. The lowest BCUT2D eigenvalue weighted by molar-refractivity contribution is 0.464. The van der Waals surface area contributed by atoms with E-state index >= 15 is 0 Å². The first kappa shape index (κ1) is 14.3. The van der Waals surface area contributed by atoms with Crippen molar-refractivity contribution in [2.24, 2.45) is 5.92 Å². The highest BCUT2D eigenvalue weighted by atomic mass is 32.2. The van der Waals surface area contributed by atoms with Crippen LogP contribution in [-0.4, -0.2) is 25.8 Å². The van der Waals surface area contributed by atoms with E-state index < -0.39 is 10.0 Å². The monoisotopic (exact) mass is 301 g/mol. The molecule has 1 fully saturated rings. The largest absolute Gasteiger partial charge is 0.243 e. The third-order valence-corrected chi connectivity index (χ3v) is 6.03. The summed E-state index contributed by atoms with van der Waals surface area (Å²) in [5, 5.41) is 0. The predicted molar refractivity (Wildman–Crippen MR) is 83.5 cm³/mol. The van der Waals surface area contributed by atoms with Crippen molar-refractivity contribution in [3.8, 4) is 0 Å². The van der Waals surface area contributed by atoms with Crippen LogP contribution < -0.4 is 0 Å². The van der Waals surface area contributed by atoms with Crippen LogP contribution in [0.2, 0.25) is 0 Å². The van der Waals surface area contributed by atoms with E-state index in [1.165, 1.54) is 5.56 Å². The van der Waals surface area contributed by atoms with Gasteiger partial charge in [0.1, 0.15) is 0 Å². The Hall–Kier alpha value is -1.65. The summed E-state index contributed by atoms with van der Waals surface area (Å²) >= 11 is 0. The van der Waals surface area contributed by atoms with Crippen molar-refractivity contribution >= 4 is 10.0 Å². The SMILES string of the molecule is CC1CN(S(=O)(=O)c2ccccc2)CC1c1ccccc1. The predicted octanol–water partition coefficient (Wildman–Crippen LogP) is 3.11. The molecule has 3 rings (SSSR count). The highest BCUT2D eigenvalue weighted by Crippen LogP contribution is 2.35. The van der Waals surface area contributed by atoms with Crippen LogP contribution in [0.15, 0.2) is 65.6 Å². The molecule has 0 saturated carbocycles. The molecule has 1 aliphatic heterocycles. The molecule has 1 saturated heterocycles. The van der Waals surface area contributed by atoms with Gasteiger partial charge in [0.25, 0.3) is 0 Å². The van der Waals surface area contributed by atoms with E-state index in [9.17, 15) is 8.42 Å². The molecule has 0 aliphatic carbocycles. The molecule has 1 heterocycles. The topological polar surface area (TPSA) is 37.4 Å². The van der Waals surface area contributed by atoms with Gasteiger partial charge in [-0.25, -0.2) is 8.42 Å². The summed E-state index contributed by atoms with van der Waals surface area (Å²) in [6.45, 7) is 3.26. The van der Waals surface area contributed by atoms with Crippen molar-refractivity contribution in [2.75, 3.05) is 13.1 Å². The van der Waals surface area contributed by atoms with Gasteiger partial charge in [-0.05, 0) is 23.6 Å². The van der Waals surface area contributed by atoms with E-state index in [4.69, 9.17) is 0 Å². The zero-order chi connectivity index (χ0) is 14.9. The summed E-state index contributed by atoms with van der Waals surface area (Å²) < 4.78 is 27.0. The van der Waals surface area contributed by atoms with Crippen molar-refractivity contribution in [1.82, 2.24) is 4.31 Å². The lowest BCUT2D eigenvalue weighted by Gasteiger charge is -2.16. The van der Waals surface area contributed by atoms with Crippen molar-refractivity contribution in [3.63, 3.8) is 0 Å². The summed E-state index contributed by atoms with van der Waals surface area (Å²) in [5.41, 5.74) is 1.22. The highest BCUT2D eigenvalue weighted by Gasteiger charge is 2.37. The Morgan fingerprint density at radius 1 is 0.905 bits per heavy atom. The Bertz CT molecular complexity index is 698. The van der Waals surface area contributed by atoms with Crippen molar-refractivity contribution in [3.05, 3.63) is 66.2 Å². The van der Waals surface area contributed by atoms with E-state index in [0.29, 0.717) is 23.9 Å². The van der Waals surface area contributed by atoms with Gasteiger partial charge < -0.3 is 0 Å². The molecule has 2 aromatic rings. The van der Waals surface area contributed by atoms with Gasteiger partial charge in [-0.1, -0.05) is 55.5 Å². The molecule has 1 aliphatic rings. The average Bonchev–Trinajstić information content (AvgIpc) is 2.92. The molecule has 110 valence electrons. The van der Waals surface area contributed by atoms with Crippen molar-refractivity contribution in [1.29, 1.82) is 0 Å². The molecule has 0 aromatic heterocycles. The Morgan fingerprint density at radius 2 is 1.48 bits per heavy atom. The third kappa shape index (κ3) is 2.74. The second kappa shape index (κ2) is 5.62. The Kier molecular flexibility index (Phi) is 3.83. The van der Waals surface area contributed by atoms with Gasteiger partial charge in [0.2, 0.25) is 10.0 Å². The maximum atomic E-state index is 12.7. The molecule has 3 nitrogen and oxygen atoms in total. The van der Waals surface area contributed by atoms with Gasteiger partial charge in [0.05, 0.1) is 4.90 Å². The second-order valence-corrected chi connectivity index (χ2v) is 7.57. The minimum atomic E-state index is -3.38. The Morgan fingerprint density at radius 3 is 2.10 bits per heavy atom.